The second-order valence-corrected chi connectivity index (χ2v) is 3.60. The molecule has 4 heteroatoms. The first-order valence-corrected chi connectivity index (χ1v) is 5.08. The lowest BCUT2D eigenvalue weighted by Gasteiger charge is -2.13. The summed E-state index contributed by atoms with van der Waals surface area (Å²) in [7, 11) is 1.62. The van der Waals surface area contributed by atoms with Crippen molar-refractivity contribution in [3.05, 3.63) is 29.8 Å². The van der Waals surface area contributed by atoms with Gasteiger partial charge in [-0.15, -0.1) is 0 Å². The van der Waals surface area contributed by atoms with E-state index in [9.17, 15) is 4.79 Å². The topological polar surface area (TPSA) is 55.8 Å². The van der Waals surface area contributed by atoms with Crippen molar-refractivity contribution in [2.75, 3.05) is 13.7 Å². The molecule has 0 spiro atoms. The average Bonchev–Trinajstić information content (AvgIpc) is 2.20. The van der Waals surface area contributed by atoms with Crippen molar-refractivity contribution in [1.82, 2.24) is 0 Å². The molecule has 0 aliphatic heterocycles. The summed E-state index contributed by atoms with van der Waals surface area (Å²) in [5.74, 6) is -0.111. The van der Waals surface area contributed by atoms with Gasteiger partial charge in [-0.3, -0.25) is 4.79 Å². The van der Waals surface area contributed by atoms with Crippen molar-refractivity contribution in [2.24, 2.45) is 0 Å². The summed E-state index contributed by atoms with van der Waals surface area (Å²) < 4.78 is 10.5. The summed E-state index contributed by atoms with van der Waals surface area (Å²) >= 11 is 0. The molecule has 0 fully saturated rings. The maximum absolute atomic E-state index is 10.5. The first-order valence-electron chi connectivity index (χ1n) is 5.08. The number of hydrogen-bond acceptors (Lipinski definition) is 3. The van der Waals surface area contributed by atoms with Crippen molar-refractivity contribution in [3.63, 3.8) is 0 Å². The Morgan fingerprint density at radius 2 is 2.00 bits per heavy atom. The number of hydrogen-bond donors (Lipinski definition) is 1. The summed E-state index contributed by atoms with van der Waals surface area (Å²) in [5, 5.41) is 8.60. The number of aliphatic carboxylic acids is 1. The second kappa shape index (κ2) is 6.12. The van der Waals surface area contributed by atoms with Gasteiger partial charge in [0.15, 0.2) is 0 Å². The zero-order valence-electron chi connectivity index (χ0n) is 9.47. The third kappa shape index (κ3) is 4.31. The van der Waals surface area contributed by atoms with Crippen LogP contribution in [0.4, 0.5) is 0 Å². The highest BCUT2D eigenvalue weighted by molar-refractivity contribution is 5.70. The minimum atomic E-state index is -0.832. The van der Waals surface area contributed by atoms with Crippen LogP contribution in [0, 0.1) is 0 Å². The lowest BCUT2D eigenvalue weighted by molar-refractivity contribution is -0.136. The van der Waals surface area contributed by atoms with Crippen LogP contribution < -0.4 is 4.74 Å². The standard InChI is InChI=1S/C12H16O4/c1-9(8-15-2)16-11-5-3-10(4-6-11)7-12(13)14/h3-6,9H,7-8H2,1-2H3,(H,13,14). The summed E-state index contributed by atoms with van der Waals surface area (Å²) in [5.41, 5.74) is 0.763. The molecule has 0 amide bonds. The van der Waals surface area contributed by atoms with Gasteiger partial charge in [0.1, 0.15) is 11.9 Å². The summed E-state index contributed by atoms with van der Waals surface area (Å²) in [6.45, 7) is 2.44. The molecule has 1 unspecified atom stereocenters. The Kier molecular flexibility index (Phi) is 4.79. The van der Waals surface area contributed by atoms with Gasteiger partial charge in [0.25, 0.3) is 0 Å². The molecule has 1 aromatic rings. The molecule has 4 nitrogen and oxygen atoms in total. The third-order valence-corrected chi connectivity index (χ3v) is 2.02. The number of benzene rings is 1. The van der Waals surface area contributed by atoms with Crippen molar-refractivity contribution < 1.29 is 19.4 Å². The Morgan fingerprint density at radius 1 is 1.38 bits per heavy atom. The Morgan fingerprint density at radius 3 is 2.50 bits per heavy atom. The average molecular weight is 224 g/mol. The maximum atomic E-state index is 10.5. The summed E-state index contributed by atoms with van der Waals surface area (Å²) in [4.78, 5) is 10.5. The zero-order chi connectivity index (χ0) is 12.0. The van der Waals surface area contributed by atoms with Gasteiger partial charge in [-0.25, -0.2) is 0 Å². The van der Waals surface area contributed by atoms with Crippen LogP contribution in [0.3, 0.4) is 0 Å². The van der Waals surface area contributed by atoms with Gasteiger partial charge in [-0.05, 0) is 24.6 Å². The third-order valence-electron chi connectivity index (χ3n) is 2.02. The second-order valence-electron chi connectivity index (χ2n) is 3.60. The highest BCUT2D eigenvalue weighted by atomic mass is 16.5. The molecule has 1 aromatic carbocycles. The van der Waals surface area contributed by atoms with E-state index < -0.39 is 5.97 Å². The van der Waals surface area contributed by atoms with Gasteiger partial charge < -0.3 is 14.6 Å². The summed E-state index contributed by atoms with van der Waals surface area (Å²) in [6, 6.07) is 7.04. The van der Waals surface area contributed by atoms with Crippen molar-refractivity contribution >= 4 is 5.97 Å². The molecule has 0 saturated heterocycles. The number of ether oxygens (including phenoxy) is 2. The predicted molar refractivity (Wildman–Crippen MR) is 59.7 cm³/mol. The predicted octanol–water partition coefficient (Wildman–Crippen LogP) is 1.73. The van der Waals surface area contributed by atoms with Crippen molar-refractivity contribution in [1.29, 1.82) is 0 Å². The van der Waals surface area contributed by atoms with Gasteiger partial charge in [0, 0.05) is 7.11 Å². The van der Waals surface area contributed by atoms with Crippen LogP contribution in [0.2, 0.25) is 0 Å². The Bertz CT molecular complexity index is 331. The largest absolute Gasteiger partial charge is 0.488 e. The number of carboxylic acids is 1. The molecule has 0 aliphatic carbocycles. The van der Waals surface area contributed by atoms with Crippen LogP contribution in [0.15, 0.2) is 24.3 Å². The van der Waals surface area contributed by atoms with E-state index in [0.717, 1.165) is 11.3 Å². The molecule has 0 saturated carbocycles. The lowest BCUT2D eigenvalue weighted by atomic mass is 10.1. The molecule has 0 radical (unpaired) electrons. The van der Waals surface area contributed by atoms with Crippen LogP contribution in [-0.2, 0) is 16.0 Å². The molecule has 0 aliphatic rings. The van der Waals surface area contributed by atoms with E-state index in [1.165, 1.54) is 0 Å². The van der Waals surface area contributed by atoms with Gasteiger partial charge >= 0.3 is 5.97 Å². The van der Waals surface area contributed by atoms with E-state index in [-0.39, 0.29) is 12.5 Å². The van der Waals surface area contributed by atoms with Crippen LogP contribution in [-0.4, -0.2) is 30.9 Å². The highest BCUT2D eigenvalue weighted by Crippen LogP contribution is 2.14. The molecule has 1 atom stereocenters. The van der Waals surface area contributed by atoms with E-state index in [4.69, 9.17) is 14.6 Å². The first-order chi connectivity index (χ1) is 7.61. The molecule has 0 aromatic heterocycles. The molecular formula is C12H16O4. The first kappa shape index (κ1) is 12.5. The van der Waals surface area contributed by atoms with E-state index >= 15 is 0 Å². The van der Waals surface area contributed by atoms with Gasteiger partial charge in [0.2, 0.25) is 0 Å². The van der Waals surface area contributed by atoms with E-state index in [1.54, 1.807) is 31.4 Å². The van der Waals surface area contributed by atoms with Gasteiger partial charge in [-0.2, -0.15) is 0 Å². The van der Waals surface area contributed by atoms with E-state index in [2.05, 4.69) is 0 Å². The van der Waals surface area contributed by atoms with Crippen LogP contribution in [0.25, 0.3) is 0 Å². The molecular weight excluding hydrogens is 208 g/mol. The number of methoxy groups -OCH3 is 1. The van der Waals surface area contributed by atoms with Gasteiger partial charge in [0.05, 0.1) is 13.0 Å². The quantitative estimate of drug-likeness (QED) is 0.799. The zero-order valence-corrected chi connectivity index (χ0v) is 9.47. The van der Waals surface area contributed by atoms with Crippen molar-refractivity contribution in [3.8, 4) is 5.75 Å². The normalized spacial score (nSPS) is 12.1. The minimum Gasteiger partial charge on any atom is -0.488 e. The molecule has 1 N–H and O–H groups in total. The number of rotatable bonds is 6. The molecule has 16 heavy (non-hydrogen) atoms. The lowest BCUT2D eigenvalue weighted by Crippen LogP contribution is -2.17. The Labute approximate surface area is 94.8 Å². The monoisotopic (exact) mass is 224 g/mol. The number of carbonyl (C=O) groups is 1. The fraction of sp³-hybridized carbons (Fsp3) is 0.417. The fourth-order valence-electron chi connectivity index (χ4n) is 1.36. The Balaban J connectivity index is 2.54. The highest BCUT2D eigenvalue weighted by Gasteiger charge is 2.04. The fourth-order valence-corrected chi connectivity index (χ4v) is 1.36. The van der Waals surface area contributed by atoms with Crippen LogP contribution >= 0.6 is 0 Å². The molecule has 1 rings (SSSR count). The van der Waals surface area contributed by atoms with Gasteiger partial charge in [-0.1, -0.05) is 12.1 Å². The van der Waals surface area contributed by atoms with Crippen LogP contribution in [0.5, 0.6) is 5.75 Å². The SMILES string of the molecule is COCC(C)Oc1ccc(CC(=O)O)cc1. The summed E-state index contributed by atoms with van der Waals surface area (Å²) in [6.07, 6.45) is 0.0174. The molecule has 0 bridgehead atoms. The van der Waals surface area contributed by atoms with E-state index in [1.807, 2.05) is 6.92 Å². The Hall–Kier alpha value is -1.55. The van der Waals surface area contributed by atoms with Crippen molar-refractivity contribution in [2.45, 2.75) is 19.4 Å². The molecule has 0 heterocycles. The van der Waals surface area contributed by atoms with Crippen LogP contribution in [0.1, 0.15) is 12.5 Å². The number of carboxylic acid groups (broad SMARTS) is 1. The van der Waals surface area contributed by atoms with E-state index in [0.29, 0.717) is 6.61 Å². The smallest absolute Gasteiger partial charge is 0.307 e. The maximum Gasteiger partial charge on any atom is 0.307 e. The minimum absolute atomic E-state index is 0.0182. The molecule has 88 valence electrons.